The number of fused-ring (bicyclic) bond motifs is 1. The molecule has 1 aliphatic rings. The summed E-state index contributed by atoms with van der Waals surface area (Å²) in [5.41, 5.74) is 2.46. The summed E-state index contributed by atoms with van der Waals surface area (Å²) >= 11 is 0. The van der Waals surface area contributed by atoms with E-state index in [0.29, 0.717) is 28.2 Å². The molecule has 0 saturated carbocycles. The van der Waals surface area contributed by atoms with E-state index in [1.54, 1.807) is 37.4 Å². The van der Waals surface area contributed by atoms with Gasteiger partial charge < -0.3 is 14.4 Å². The first kappa shape index (κ1) is 16.1. The van der Waals surface area contributed by atoms with E-state index in [4.69, 9.17) is 9.47 Å². The van der Waals surface area contributed by atoms with E-state index in [0.717, 1.165) is 5.69 Å². The predicted octanol–water partition coefficient (Wildman–Crippen LogP) is 2.93. The number of carbonyl (C=O) groups is 2. The molecule has 0 aliphatic heterocycles. The van der Waals surface area contributed by atoms with Crippen LogP contribution in [0.1, 0.15) is 32.2 Å². The number of anilines is 1. The molecule has 1 atom stereocenters. The average molecular weight is 325 g/mol. The monoisotopic (exact) mass is 325 g/mol. The Morgan fingerprint density at radius 3 is 2.12 bits per heavy atom. The molecule has 124 valence electrons. The molecule has 1 unspecified atom stereocenters. The van der Waals surface area contributed by atoms with Crippen molar-refractivity contribution in [3.8, 4) is 11.5 Å². The van der Waals surface area contributed by atoms with Gasteiger partial charge in [0.15, 0.2) is 23.1 Å². The van der Waals surface area contributed by atoms with Crippen LogP contribution in [0.3, 0.4) is 0 Å². The Kier molecular flexibility index (Phi) is 4.01. The van der Waals surface area contributed by atoms with E-state index in [1.807, 2.05) is 25.1 Å². The molecule has 24 heavy (non-hydrogen) atoms. The third-order valence-electron chi connectivity index (χ3n) is 4.32. The number of hydrogen-bond acceptors (Lipinski definition) is 5. The second kappa shape index (κ2) is 6.00. The van der Waals surface area contributed by atoms with Gasteiger partial charge in [0.05, 0.1) is 14.2 Å². The van der Waals surface area contributed by atoms with Crippen LogP contribution < -0.4 is 14.4 Å². The van der Waals surface area contributed by atoms with Crippen LogP contribution in [0.5, 0.6) is 11.5 Å². The zero-order valence-electron chi connectivity index (χ0n) is 14.1. The number of benzene rings is 2. The molecule has 0 saturated heterocycles. The number of Topliss-reactive ketones (excluding diaryl/α,β-unsaturated/α-hetero) is 2. The lowest BCUT2D eigenvalue weighted by Crippen LogP contribution is -2.13. The number of nitrogens with zero attached hydrogens (tertiary/aromatic N) is 1. The summed E-state index contributed by atoms with van der Waals surface area (Å²) in [6, 6.07) is 10.5. The SMILES string of the molecule is COc1ccc(C2C(=O)c3ccc(N(C)C)cc3C2=O)cc1OC. The second-order valence-electron chi connectivity index (χ2n) is 5.90. The molecule has 0 bridgehead atoms. The van der Waals surface area contributed by atoms with E-state index in [-0.39, 0.29) is 11.6 Å². The zero-order chi connectivity index (χ0) is 17.4. The van der Waals surface area contributed by atoms with Gasteiger partial charge in [-0.25, -0.2) is 0 Å². The third kappa shape index (κ3) is 2.42. The molecule has 0 heterocycles. The molecule has 0 spiro atoms. The Balaban J connectivity index is 2.05. The lowest BCUT2D eigenvalue weighted by atomic mass is 9.94. The molecular weight excluding hydrogens is 306 g/mol. The van der Waals surface area contributed by atoms with E-state index in [2.05, 4.69) is 0 Å². The first-order valence-electron chi connectivity index (χ1n) is 7.59. The summed E-state index contributed by atoms with van der Waals surface area (Å²) in [6.07, 6.45) is 0. The largest absolute Gasteiger partial charge is 0.493 e. The lowest BCUT2D eigenvalue weighted by molar-refractivity contribution is 0.0890. The van der Waals surface area contributed by atoms with Crippen molar-refractivity contribution in [3.05, 3.63) is 53.1 Å². The topological polar surface area (TPSA) is 55.8 Å². The minimum Gasteiger partial charge on any atom is -0.493 e. The Hall–Kier alpha value is -2.82. The first-order valence-corrected chi connectivity index (χ1v) is 7.59. The summed E-state index contributed by atoms with van der Waals surface area (Å²) < 4.78 is 10.5. The average Bonchev–Trinajstić information content (AvgIpc) is 2.84. The maximum absolute atomic E-state index is 12.8. The van der Waals surface area contributed by atoms with Crippen molar-refractivity contribution in [1.82, 2.24) is 0 Å². The Morgan fingerprint density at radius 1 is 0.833 bits per heavy atom. The van der Waals surface area contributed by atoms with E-state index >= 15 is 0 Å². The molecule has 0 fully saturated rings. The van der Waals surface area contributed by atoms with Gasteiger partial charge in [0.2, 0.25) is 0 Å². The van der Waals surface area contributed by atoms with Crippen LogP contribution in [0.4, 0.5) is 5.69 Å². The Morgan fingerprint density at radius 2 is 1.50 bits per heavy atom. The fraction of sp³-hybridized carbons (Fsp3) is 0.263. The second-order valence-corrected chi connectivity index (χ2v) is 5.90. The van der Waals surface area contributed by atoms with E-state index in [9.17, 15) is 9.59 Å². The van der Waals surface area contributed by atoms with Crippen molar-refractivity contribution in [3.63, 3.8) is 0 Å². The van der Waals surface area contributed by atoms with Gasteiger partial charge in [-0.05, 0) is 35.9 Å². The van der Waals surface area contributed by atoms with Crippen molar-refractivity contribution in [1.29, 1.82) is 0 Å². The molecule has 5 heteroatoms. The summed E-state index contributed by atoms with van der Waals surface area (Å²) in [5.74, 6) is -0.109. The smallest absolute Gasteiger partial charge is 0.178 e. The van der Waals surface area contributed by atoms with Crippen molar-refractivity contribution >= 4 is 17.3 Å². The van der Waals surface area contributed by atoms with Crippen molar-refractivity contribution < 1.29 is 19.1 Å². The van der Waals surface area contributed by atoms with Crippen LogP contribution in [-0.4, -0.2) is 39.9 Å². The summed E-state index contributed by atoms with van der Waals surface area (Å²) in [6.45, 7) is 0. The normalized spacial score (nSPS) is 16.1. The lowest BCUT2D eigenvalue weighted by Gasteiger charge is -2.13. The van der Waals surface area contributed by atoms with Gasteiger partial charge in [-0.2, -0.15) is 0 Å². The highest BCUT2D eigenvalue weighted by molar-refractivity contribution is 6.30. The highest BCUT2D eigenvalue weighted by Gasteiger charge is 2.40. The Bertz CT molecular complexity index is 826. The molecule has 0 N–H and O–H groups in total. The van der Waals surface area contributed by atoms with Crippen LogP contribution in [0.2, 0.25) is 0 Å². The van der Waals surface area contributed by atoms with Crippen molar-refractivity contribution in [2.24, 2.45) is 0 Å². The number of carbonyl (C=O) groups excluding carboxylic acids is 2. The minimum atomic E-state index is -0.822. The summed E-state index contributed by atoms with van der Waals surface area (Å²) in [7, 11) is 6.86. The van der Waals surface area contributed by atoms with Gasteiger partial charge in [0.25, 0.3) is 0 Å². The van der Waals surface area contributed by atoms with E-state index in [1.165, 1.54) is 7.11 Å². The number of ketones is 2. The van der Waals surface area contributed by atoms with Crippen LogP contribution in [0.25, 0.3) is 0 Å². The van der Waals surface area contributed by atoms with Gasteiger partial charge in [-0.15, -0.1) is 0 Å². The van der Waals surface area contributed by atoms with Crippen LogP contribution in [0, 0.1) is 0 Å². The van der Waals surface area contributed by atoms with Crippen LogP contribution in [-0.2, 0) is 0 Å². The molecule has 2 aromatic rings. The molecule has 1 aliphatic carbocycles. The van der Waals surface area contributed by atoms with Gasteiger partial charge in [0, 0.05) is 30.9 Å². The van der Waals surface area contributed by atoms with Crippen LogP contribution >= 0.6 is 0 Å². The molecule has 0 amide bonds. The fourth-order valence-electron chi connectivity index (χ4n) is 2.99. The predicted molar refractivity (Wildman–Crippen MR) is 91.7 cm³/mol. The minimum absolute atomic E-state index is 0.174. The van der Waals surface area contributed by atoms with Gasteiger partial charge in [0.1, 0.15) is 5.92 Å². The van der Waals surface area contributed by atoms with Gasteiger partial charge in [-0.1, -0.05) is 6.07 Å². The first-order chi connectivity index (χ1) is 11.5. The number of methoxy groups -OCH3 is 2. The van der Waals surface area contributed by atoms with E-state index < -0.39 is 5.92 Å². The molecular formula is C19H19NO4. The molecule has 0 aromatic heterocycles. The molecule has 5 nitrogen and oxygen atoms in total. The summed E-state index contributed by atoms with van der Waals surface area (Å²) in [4.78, 5) is 27.5. The number of rotatable bonds is 4. The molecule has 0 radical (unpaired) electrons. The van der Waals surface area contributed by atoms with Crippen molar-refractivity contribution in [2.75, 3.05) is 33.2 Å². The zero-order valence-corrected chi connectivity index (χ0v) is 14.1. The third-order valence-corrected chi connectivity index (χ3v) is 4.32. The highest BCUT2D eigenvalue weighted by Crippen LogP contribution is 2.38. The highest BCUT2D eigenvalue weighted by atomic mass is 16.5. The number of ether oxygens (including phenoxy) is 2. The van der Waals surface area contributed by atoms with Crippen LogP contribution in [0.15, 0.2) is 36.4 Å². The molecule has 3 rings (SSSR count). The van der Waals surface area contributed by atoms with Gasteiger partial charge in [-0.3, -0.25) is 9.59 Å². The number of hydrogen-bond donors (Lipinski definition) is 0. The summed E-state index contributed by atoms with van der Waals surface area (Å²) in [5, 5.41) is 0. The standard InChI is InChI=1S/C19H19NO4/c1-20(2)12-6-7-13-14(10-12)19(22)17(18(13)21)11-5-8-15(23-3)16(9-11)24-4/h5-10,17H,1-4H3. The van der Waals surface area contributed by atoms with Gasteiger partial charge >= 0.3 is 0 Å². The quantitative estimate of drug-likeness (QED) is 0.809. The maximum atomic E-state index is 12.8. The Labute approximate surface area is 140 Å². The van der Waals surface area contributed by atoms with Crippen molar-refractivity contribution in [2.45, 2.75) is 5.92 Å². The fourth-order valence-corrected chi connectivity index (χ4v) is 2.99. The maximum Gasteiger partial charge on any atom is 0.178 e. The molecule has 2 aromatic carbocycles.